The molecule has 3 N–H and O–H groups in total. The van der Waals surface area contributed by atoms with Gasteiger partial charge in [-0.3, -0.25) is 30.4 Å². The number of halogens is 1. The molecule has 0 aromatic heterocycles. The van der Waals surface area contributed by atoms with E-state index in [1.807, 2.05) is 0 Å². The third-order valence-corrected chi connectivity index (χ3v) is 6.49. The van der Waals surface area contributed by atoms with Crippen molar-refractivity contribution in [3.8, 4) is 0 Å². The minimum Gasteiger partial charge on any atom is -0.468 e. The maximum absolute atomic E-state index is 13.5. The Kier molecular flexibility index (Phi) is 12.4. The van der Waals surface area contributed by atoms with Crippen LogP contribution in [-0.2, 0) is 35.1 Å². The normalized spacial score (nSPS) is 17.3. The summed E-state index contributed by atoms with van der Waals surface area (Å²) >= 11 is 0. The molecule has 4 atom stereocenters. The van der Waals surface area contributed by atoms with Crippen LogP contribution in [0.1, 0.15) is 58.9 Å². The van der Waals surface area contributed by atoms with E-state index in [0.29, 0.717) is 24.9 Å². The fraction of sp³-hybridized carbons (Fsp3) is 0.571. The van der Waals surface area contributed by atoms with Gasteiger partial charge in [-0.05, 0) is 49.8 Å². The van der Waals surface area contributed by atoms with E-state index in [1.54, 1.807) is 39.3 Å². The van der Waals surface area contributed by atoms with E-state index in [0.717, 1.165) is 0 Å². The predicted molar refractivity (Wildman–Crippen MR) is 139 cm³/mol. The second kappa shape index (κ2) is 15.2. The van der Waals surface area contributed by atoms with E-state index >= 15 is 0 Å². The van der Waals surface area contributed by atoms with Crippen LogP contribution in [0, 0.1) is 30.0 Å². The molecule has 0 saturated carbocycles. The molecule has 0 aliphatic carbocycles. The minimum atomic E-state index is -0.820. The van der Waals surface area contributed by atoms with Gasteiger partial charge in [0.2, 0.25) is 17.7 Å². The summed E-state index contributed by atoms with van der Waals surface area (Å²) in [5, 5.41) is 8.34. The zero-order valence-electron chi connectivity index (χ0n) is 22.6. The number of benzene rings is 1. The molecule has 0 bridgehead atoms. The third-order valence-electron chi connectivity index (χ3n) is 6.49. The summed E-state index contributed by atoms with van der Waals surface area (Å²) in [6.07, 6.45) is 2.49. The minimum absolute atomic E-state index is 0.0490. The molecule has 1 fully saturated rings. The maximum atomic E-state index is 13.5. The SMILES string of the molecule is CCOC(=O)C[CH-][C@H](C[C@@H]1CCNC1=O)NC(=O)[C@@H](CC(=O)[C@@H](NC(C)=O)C(C)C)Cc1ccc(F)cc1. The van der Waals surface area contributed by atoms with Crippen molar-refractivity contribution < 1.29 is 33.1 Å². The molecule has 1 aromatic rings. The zero-order chi connectivity index (χ0) is 28.2. The Morgan fingerprint density at radius 2 is 1.84 bits per heavy atom. The smallest absolute Gasteiger partial charge is 0.275 e. The molecular formula is C28H39FN3O6-. The first kappa shape index (κ1) is 30.9. The number of carbonyl (C=O) groups is 5. The van der Waals surface area contributed by atoms with Crippen LogP contribution in [0.4, 0.5) is 4.39 Å². The molecule has 0 unspecified atom stereocenters. The van der Waals surface area contributed by atoms with Gasteiger partial charge in [0.05, 0.1) is 12.6 Å². The first-order chi connectivity index (χ1) is 18.0. The summed E-state index contributed by atoms with van der Waals surface area (Å²) in [6.45, 7) is 7.41. The molecule has 0 radical (unpaired) electrons. The van der Waals surface area contributed by atoms with Gasteiger partial charge in [0.25, 0.3) is 5.97 Å². The van der Waals surface area contributed by atoms with Crippen molar-refractivity contribution in [1.29, 1.82) is 0 Å². The molecule has 1 aliphatic rings. The summed E-state index contributed by atoms with van der Waals surface area (Å²) < 4.78 is 18.4. The Labute approximate surface area is 223 Å². The van der Waals surface area contributed by atoms with E-state index in [-0.39, 0.29) is 55.3 Å². The molecule has 10 heteroatoms. The molecule has 1 saturated heterocycles. The second-order valence-electron chi connectivity index (χ2n) is 9.99. The van der Waals surface area contributed by atoms with Gasteiger partial charge in [-0.15, -0.1) is 0 Å². The van der Waals surface area contributed by atoms with E-state index in [9.17, 15) is 28.4 Å². The quantitative estimate of drug-likeness (QED) is 0.235. The summed E-state index contributed by atoms with van der Waals surface area (Å²) in [5.74, 6) is -3.37. The van der Waals surface area contributed by atoms with E-state index < -0.39 is 35.7 Å². The fourth-order valence-corrected chi connectivity index (χ4v) is 4.52. The van der Waals surface area contributed by atoms with Crippen molar-refractivity contribution in [2.45, 2.75) is 71.9 Å². The van der Waals surface area contributed by atoms with Gasteiger partial charge in [-0.1, -0.05) is 38.4 Å². The molecular weight excluding hydrogens is 493 g/mol. The number of ether oxygens (including phenoxy) is 1. The average molecular weight is 533 g/mol. The highest BCUT2D eigenvalue weighted by Crippen LogP contribution is 2.21. The first-order valence-corrected chi connectivity index (χ1v) is 13.1. The topological polar surface area (TPSA) is 131 Å². The van der Waals surface area contributed by atoms with Crippen molar-refractivity contribution >= 4 is 29.5 Å². The van der Waals surface area contributed by atoms with Gasteiger partial charge >= 0.3 is 0 Å². The lowest BCUT2D eigenvalue weighted by atomic mass is 9.87. The van der Waals surface area contributed by atoms with Gasteiger partial charge in [-0.25, -0.2) is 4.39 Å². The Hall–Kier alpha value is -3.30. The predicted octanol–water partition coefficient (Wildman–Crippen LogP) is 2.27. The first-order valence-electron chi connectivity index (χ1n) is 13.1. The summed E-state index contributed by atoms with van der Waals surface area (Å²) in [7, 11) is 0. The average Bonchev–Trinajstić information content (AvgIpc) is 3.25. The standard InChI is InChI=1S/C28H39FN3O6/c1-5-38-25(35)11-10-23(15-20-12-13-30-27(20)36)32-28(37)21(14-19-6-8-22(29)9-7-19)16-24(34)26(17(2)3)31-18(4)33/h6-10,17,20-21,23,26H,5,11-16H2,1-4H3,(H,30,36)(H,31,33)(H,32,37)/q-1/t20-,21+,23+,26-/m0/s1. The zero-order valence-corrected chi connectivity index (χ0v) is 22.6. The number of hydrogen-bond acceptors (Lipinski definition) is 6. The van der Waals surface area contributed by atoms with Crippen molar-refractivity contribution in [2.24, 2.45) is 17.8 Å². The van der Waals surface area contributed by atoms with Crippen LogP contribution in [0.5, 0.6) is 0 Å². The van der Waals surface area contributed by atoms with Gasteiger partial charge in [0.15, 0.2) is 5.78 Å². The van der Waals surface area contributed by atoms with Gasteiger partial charge in [0, 0.05) is 31.7 Å². The van der Waals surface area contributed by atoms with Crippen LogP contribution in [0.25, 0.3) is 0 Å². The lowest BCUT2D eigenvalue weighted by Crippen LogP contribution is -2.46. The highest BCUT2D eigenvalue weighted by Gasteiger charge is 2.31. The number of carbonyl (C=O) groups excluding carboxylic acids is 5. The fourth-order valence-electron chi connectivity index (χ4n) is 4.52. The van der Waals surface area contributed by atoms with E-state index in [4.69, 9.17) is 4.74 Å². The van der Waals surface area contributed by atoms with E-state index in [2.05, 4.69) is 16.0 Å². The van der Waals surface area contributed by atoms with Crippen molar-refractivity contribution in [1.82, 2.24) is 16.0 Å². The summed E-state index contributed by atoms with van der Waals surface area (Å²) in [6, 6.07) is 4.32. The second-order valence-corrected chi connectivity index (χ2v) is 9.99. The molecule has 38 heavy (non-hydrogen) atoms. The number of rotatable bonds is 15. The van der Waals surface area contributed by atoms with E-state index in [1.165, 1.54) is 19.1 Å². The Morgan fingerprint density at radius 1 is 1.16 bits per heavy atom. The van der Waals surface area contributed by atoms with Crippen LogP contribution in [-0.4, -0.2) is 54.7 Å². The van der Waals surface area contributed by atoms with Crippen molar-refractivity contribution in [3.05, 3.63) is 42.1 Å². The Bertz CT molecular complexity index is 981. The van der Waals surface area contributed by atoms with Gasteiger partial charge in [-0.2, -0.15) is 0 Å². The number of nitrogens with one attached hydrogen (secondary N) is 3. The summed E-state index contributed by atoms with van der Waals surface area (Å²) in [5.41, 5.74) is 0.669. The van der Waals surface area contributed by atoms with Crippen LogP contribution < -0.4 is 16.0 Å². The van der Waals surface area contributed by atoms with Gasteiger partial charge in [0.1, 0.15) is 5.82 Å². The van der Waals surface area contributed by atoms with Gasteiger partial charge < -0.3 is 20.7 Å². The number of hydrogen-bond donors (Lipinski definition) is 3. The maximum Gasteiger partial charge on any atom is 0.275 e. The molecule has 2 rings (SSSR count). The largest absolute Gasteiger partial charge is 0.468 e. The Balaban J connectivity index is 2.23. The highest BCUT2D eigenvalue weighted by atomic mass is 19.1. The van der Waals surface area contributed by atoms with Crippen LogP contribution >= 0.6 is 0 Å². The van der Waals surface area contributed by atoms with Crippen molar-refractivity contribution in [2.75, 3.05) is 13.2 Å². The molecule has 1 heterocycles. The molecule has 210 valence electrons. The number of Topliss-reactive ketones (excluding diaryl/α,β-unsaturated/α-hetero) is 1. The summed E-state index contributed by atoms with van der Waals surface area (Å²) in [4.78, 5) is 62.5. The highest BCUT2D eigenvalue weighted by molar-refractivity contribution is 5.92. The lowest BCUT2D eigenvalue weighted by Gasteiger charge is -2.31. The molecule has 3 amide bonds. The molecule has 1 aromatic carbocycles. The monoisotopic (exact) mass is 532 g/mol. The van der Waals surface area contributed by atoms with Crippen LogP contribution in [0.2, 0.25) is 0 Å². The third kappa shape index (κ3) is 10.2. The molecule has 9 nitrogen and oxygen atoms in total. The van der Waals surface area contributed by atoms with Crippen molar-refractivity contribution in [3.63, 3.8) is 0 Å². The molecule has 0 spiro atoms. The van der Waals surface area contributed by atoms with Crippen LogP contribution in [0.3, 0.4) is 0 Å². The van der Waals surface area contributed by atoms with Crippen LogP contribution in [0.15, 0.2) is 24.3 Å². The number of ketones is 1. The molecule has 1 aliphatic heterocycles. The lowest BCUT2D eigenvalue weighted by molar-refractivity contribution is -0.142. The Morgan fingerprint density at radius 3 is 2.39 bits per heavy atom. The number of esters is 1. The number of amides is 3.